The van der Waals surface area contributed by atoms with Gasteiger partial charge in [0.05, 0.1) is 14.2 Å². The van der Waals surface area contributed by atoms with Crippen LogP contribution in [0.5, 0.6) is 11.5 Å². The molecule has 1 aliphatic heterocycles. The normalized spacial score (nSPS) is 17.3. The van der Waals surface area contributed by atoms with E-state index >= 15 is 0 Å². The Labute approximate surface area is 201 Å². The van der Waals surface area contributed by atoms with E-state index in [1.54, 1.807) is 14.2 Å². The lowest BCUT2D eigenvalue weighted by Gasteiger charge is -2.22. The zero-order chi connectivity index (χ0) is 20.6. The average molecular weight is 545 g/mol. The van der Waals surface area contributed by atoms with Gasteiger partial charge in [0.1, 0.15) is 11.5 Å². The fourth-order valence-electron chi connectivity index (χ4n) is 3.59. The minimum Gasteiger partial charge on any atom is -0.497 e. The number of guanidine groups is 1. The van der Waals surface area contributed by atoms with E-state index in [9.17, 15) is 0 Å². The fraction of sp³-hybridized carbons (Fsp3) is 0.500. The van der Waals surface area contributed by atoms with E-state index in [0.29, 0.717) is 12.0 Å². The highest BCUT2D eigenvalue weighted by molar-refractivity contribution is 14.0. The number of anilines is 1. The Kier molecular flexibility index (Phi) is 10.0. The molecule has 166 valence electrons. The number of nitrogens with one attached hydrogen (secondary N) is 2. The molecule has 1 fully saturated rings. The van der Waals surface area contributed by atoms with Crippen LogP contribution in [0, 0.1) is 5.92 Å². The topological polar surface area (TPSA) is 58.1 Å². The number of hydrogen-bond acceptors (Lipinski definition) is 5. The van der Waals surface area contributed by atoms with E-state index in [4.69, 9.17) is 9.47 Å². The summed E-state index contributed by atoms with van der Waals surface area (Å²) in [5, 5.41) is 9.20. The molecule has 0 amide bonds. The van der Waals surface area contributed by atoms with Gasteiger partial charge in [-0.3, -0.25) is 4.99 Å². The van der Waals surface area contributed by atoms with Crippen molar-refractivity contribution in [3.63, 3.8) is 0 Å². The molecule has 2 aromatic rings. The van der Waals surface area contributed by atoms with Crippen LogP contribution in [0.1, 0.15) is 18.2 Å². The van der Waals surface area contributed by atoms with Crippen LogP contribution in [0.25, 0.3) is 0 Å². The quantitative estimate of drug-likeness (QED) is 0.299. The lowest BCUT2D eigenvalue weighted by Crippen LogP contribution is -2.45. The smallest absolute Gasteiger partial charge is 0.191 e. The number of halogens is 1. The lowest BCUT2D eigenvalue weighted by atomic mass is 10.1. The number of benzene rings is 1. The SMILES string of the molecule is CN=C(NCC(C)Cc1cccs1)NC1CCN(c2cc(OC)cc(OC)c2)C1.I. The first kappa shape index (κ1) is 24.6. The molecule has 2 atom stereocenters. The maximum atomic E-state index is 5.41. The van der Waals surface area contributed by atoms with Crippen molar-refractivity contribution < 1.29 is 9.47 Å². The zero-order valence-corrected chi connectivity index (χ0v) is 21.3. The lowest BCUT2D eigenvalue weighted by molar-refractivity contribution is 0.394. The second-order valence-corrected chi connectivity index (χ2v) is 8.52. The molecule has 1 saturated heterocycles. The number of thiophene rings is 1. The van der Waals surface area contributed by atoms with Crippen LogP contribution in [0.4, 0.5) is 5.69 Å². The first-order chi connectivity index (χ1) is 14.1. The highest BCUT2D eigenvalue weighted by Gasteiger charge is 2.24. The van der Waals surface area contributed by atoms with Crippen molar-refractivity contribution in [3.8, 4) is 11.5 Å². The van der Waals surface area contributed by atoms with Crippen molar-refractivity contribution >= 4 is 47.0 Å². The number of nitrogens with zero attached hydrogens (tertiary/aromatic N) is 2. The molecule has 2 unspecified atom stereocenters. The summed E-state index contributed by atoms with van der Waals surface area (Å²) in [6.45, 7) is 5.08. The molecule has 0 aliphatic carbocycles. The molecule has 1 aliphatic rings. The van der Waals surface area contributed by atoms with Crippen LogP contribution < -0.4 is 25.0 Å². The largest absolute Gasteiger partial charge is 0.497 e. The molecule has 1 aromatic heterocycles. The predicted octanol–water partition coefficient (Wildman–Crippen LogP) is 4.01. The van der Waals surface area contributed by atoms with Crippen LogP contribution >= 0.6 is 35.3 Å². The van der Waals surface area contributed by atoms with Gasteiger partial charge in [0.2, 0.25) is 0 Å². The van der Waals surface area contributed by atoms with Crippen molar-refractivity contribution in [2.45, 2.75) is 25.8 Å². The van der Waals surface area contributed by atoms with Crippen molar-refractivity contribution in [1.29, 1.82) is 0 Å². The van der Waals surface area contributed by atoms with Crippen LogP contribution in [-0.2, 0) is 6.42 Å². The van der Waals surface area contributed by atoms with Gasteiger partial charge in [-0.2, -0.15) is 0 Å². The van der Waals surface area contributed by atoms with E-state index in [1.165, 1.54) is 4.88 Å². The molecule has 2 heterocycles. The third kappa shape index (κ3) is 6.94. The molecule has 8 heteroatoms. The van der Waals surface area contributed by atoms with Gasteiger partial charge >= 0.3 is 0 Å². The number of rotatable bonds is 8. The van der Waals surface area contributed by atoms with Crippen LogP contribution in [0.3, 0.4) is 0 Å². The third-order valence-electron chi connectivity index (χ3n) is 5.20. The van der Waals surface area contributed by atoms with E-state index in [-0.39, 0.29) is 24.0 Å². The van der Waals surface area contributed by atoms with Gasteiger partial charge in [-0.15, -0.1) is 35.3 Å². The van der Waals surface area contributed by atoms with Crippen molar-refractivity contribution in [2.24, 2.45) is 10.9 Å². The van der Waals surface area contributed by atoms with Crippen LogP contribution in [-0.4, -0.2) is 52.9 Å². The predicted molar refractivity (Wildman–Crippen MR) is 137 cm³/mol. The van der Waals surface area contributed by atoms with Crippen LogP contribution in [0.2, 0.25) is 0 Å². The summed E-state index contributed by atoms with van der Waals surface area (Å²) >= 11 is 1.82. The Hall–Kier alpha value is -1.68. The summed E-state index contributed by atoms with van der Waals surface area (Å²) < 4.78 is 10.8. The molecule has 30 heavy (non-hydrogen) atoms. The minimum atomic E-state index is 0. The van der Waals surface area contributed by atoms with Gasteiger partial charge in [-0.05, 0) is 30.2 Å². The molecule has 0 saturated carbocycles. The summed E-state index contributed by atoms with van der Waals surface area (Å²) in [5.41, 5.74) is 1.12. The summed E-state index contributed by atoms with van der Waals surface area (Å²) in [7, 11) is 5.20. The summed E-state index contributed by atoms with van der Waals surface area (Å²) in [6.07, 6.45) is 2.15. The summed E-state index contributed by atoms with van der Waals surface area (Å²) in [4.78, 5) is 8.20. The van der Waals surface area contributed by atoms with E-state index < -0.39 is 0 Å². The monoisotopic (exact) mass is 544 g/mol. The second-order valence-electron chi connectivity index (χ2n) is 7.49. The van der Waals surface area contributed by atoms with Gasteiger partial charge in [-0.1, -0.05) is 13.0 Å². The standard InChI is InChI=1S/C22H32N4O2S.HI/c1-16(10-21-6-5-9-29-21)14-24-22(23-2)25-17-7-8-26(15-17)18-11-19(27-3)13-20(12-18)28-4;/h5-6,9,11-13,16-17H,7-8,10,14-15H2,1-4H3,(H2,23,24,25);1H. The highest BCUT2D eigenvalue weighted by atomic mass is 127. The first-order valence-corrected chi connectivity index (χ1v) is 11.0. The molecular weight excluding hydrogens is 511 g/mol. The molecular formula is C22H33IN4O2S. The van der Waals surface area contributed by atoms with Crippen molar-refractivity contribution in [1.82, 2.24) is 10.6 Å². The molecule has 6 nitrogen and oxygen atoms in total. The third-order valence-corrected chi connectivity index (χ3v) is 6.10. The number of hydrogen-bond donors (Lipinski definition) is 2. The Morgan fingerprint density at radius 3 is 2.60 bits per heavy atom. The fourth-order valence-corrected chi connectivity index (χ4v) is 4.46. The number of ether oxygens (including phenoxy) is 2. The van der Waals surface area contributed by atoms with E-state index in [1.807, 2.05) is 24.5 Å². The Morgan fingerprint density at radius 2 is 2.00 bits per heavy atom. The highest BCUT2D eigenvalue weighted by Crippen LogP contribution is 2.30. The van der Waals surface area contributed by atoms with Crippen LogP contribution in [0.15, 0.2) is 40.7 Å². The van der Waals surface area contributed by atoms with Crippen molar-refractivity contribution in [2.75, 3.05) is 45.8 Å². The molecule has 3 rings (SSSR count). The van der Waals surface area contributed by atoms with Crippen molar-refractivity contribution in [3.05, 3.63) is 40.6 Å². The average Bonchev–Trinajstić information content (AvgIpc) is 3.42. The van der Waals surface area contributed by atoms with Gasteiger partial charge in [0.15, 0.2) is 5.96 Å². The summed E-state index contributed by atoms with van der Waals surface area (Å²) in [6, 6.07) is 10.7. The zero-order valence-electron chi connectivity index (χ0n) is 18.2. The van der Waals surface area contributed by atoms with E-state index in [2.05, 4.69) is 57.1 Å². The maximum absolute atomic E-state index is 5.41. The Bertz CT molecular complexity index is 778. The Balaban J connectivity index is 0.00000320. The summed E-state index contributed by atoms with van der Waals surface area (Å²) in [5.74, 6) is 3.05. The van der Waals surface area contributed by atoms with Gasteiger partial charge in [0.25, 0.3) is 0 Å². The number of aliphatic imine (C=N–C) groups is 1. The Morgan fingerprint density at radius 1 is 1.27 bits per heavy atom. The molecule has 2 N–H and O–H groups in total. The molecule has 0 spiro atoms. The van der Waals surface area contributed by atoms with Gasteiger partial charge in [-0.25, -0.2) is 0 Å². The maximum Gasteiger partial charge on any atom is 0.191 e. The molecule has 0 bridgehead atoms. The van der Waals surface area contributed by atoms with E-state index in [0.717, 1.165) is 55.6 Å². The van der Waals surface area contributed by atoms with Gasteiger partial charge in [0, 0.05) is 61.5 Å². The second kappa shape index (κ2) is 12.2. The first-order valence-electron chi connectivity index (χ1n) is 10.1. The van der Waals surface area contributed by atoms with Gasteiger partial charge < -0.3 is 25.0 Å². The molecule has 1 aromatic carbocycles. The molecule has 0 radical (unpaired) electrons. The minimum absolute atomic E-state index is 0. The number of methoxy groups -OCH3 is 2.